The lowest BCUT2D eigenvalue weighted by atomic mass is 10.3. The highest BCUT2D eigenvalue weighted by atomic mass is 32.2. The summed E-state index contributed by atoms with van der Waals surface area (Å²) in [6.45, 7) is 3.25. The number of sulfonamides is 1. The van der Waals surface area contributed by atoms with E-state index < -0.39 is 15.8 Å². The number of halogens is 1. The molecule has 0 aliphatic rings. The molecule has 0 bridgehead atoms. The zero-order valence-corrected chi connectivity index (χ0v) is 16.2. The SMILES string of the molecule is COc1ccc(S(=O)(=O)Nc2c(C)nc(Oc3ccccc3)nc2C)cc1F. The predicted molar refractivity (Wildman–Crippen MR) is 102 cm³/mol. The first-order valence-electron chi connectivity index (χ1n) is 8.24. The van der Waals surface area contributed by atoms with Crippen molar-refractivity contribution in [3.05, 3.63) is 65.7 Å². The van der Waals surface area contributed by atoms with Crippen molar-refractivity contribution in [3.8, 4) is 17.5 Å². The molecule has 3 aromatic rings. The summed E-state index contributed by atoms with van der Waals surface area (Å²) >= 11 is 0. The molecule has 0 radical (unpaired) electrons. The molecule has 1 aromatic heterocycles. The maximum atomic E-state index is 13.9. The Labute approximate surface area is 162 Å². The Morgan fingerprint density at radius 3 is 2.21 bits per heavy atom. The lowest BCUT2D eigenvalue weighted by Crippen LogP contribution is -2.16. The quantitative estimate of drug-likeness (QED) is 0.673. The molecule has 0 fully saturated rings. The first-order valence-corrected chi connectivity index (χ1v) is 9.73. The van der Waals surface area contributed by atoms with E-state index >= 15 is 0 Å². The predicted octanol–water partition coefficient (Wildman–Crippen LogP) is 3.83. The minimum Gasteiger partial charge on any atom is -0.494 e. The van der Waals surface area contributed by atoms with Crippen LogP contribution >= 0.6 is 0 Å². The Morgan fingerprint density at radius 1 is 1.00 bits per heavy atom. The third-order valence-corrected chi connectivity index (χ3v) is 5.22. The maximum absolute atomic E-state index is 13.9. The van der Waals surface area contributed by atoms with Crippen molar-refractivity contribution < 1.29 is 22.3 Å². The van der Waals surface area contributed by atoms with Crippen LogP contribution in [0.15, 0.2) is 53.4 Å². The number of hydrogen-bond donors (Lipinski definition) is 1. The molecule has 0 saturated carbocycles. The molecule has 0 amide bonds. The number of ether oxygens (including phenoxy) is 2. The van der Waals surface area contributed by atoms with E-state index in [-0.39, 0.29) is 22.3 Å². The molecular formula is C19H18FN3O4S. The van der Waals surface area contributed by atoms with Gasteiger partial charge in [-0.1, -0.05) is 18.2 Å². The number of rotatable bonds is 6. The highest BCUT2D eigenvalue weighted by molar-refractivity contribution is 7.92. The Balaban J connectivity index is 1.88. The highest BCUT2D eigenvalue weighted by Crippen LogP contribution is 2.27. The summed E-state index contributed by atoms with van der Waals surface area (Å²) in [4.78, 5) is 8.15. The molecule has 0 aliphatic heterocycles. The molecule has 0 saturated heterocycles. The number of methoxy groups -OCH3 is 1. The Hall–Kier alpha value is -3.20. The van der Waals surface area contributed by atoms with Crippen molar-refractivity contribution in [1.82, 2.24) is 9.97 Å². The first-order chi connectivity index (χ1) is 13.3. The molecule has 28 heavy (non-hydrogen) atoms. The topological polar surface area (TPSA) is 90.4 Å². The summed E-state index contributed by atoms with van der Waals surface area (Å²) < 4.78 is 51.9. The number of para-hydroxylation sites is 1. The van der Waals surface area contributed by atoms with Crippen LogP contribution in [-0.4, -0.2) is 25.5 Å². The van der Waals surface area contributed by atoms with Crippen LogP contribution in [0.25, 0.3) is 0 Å². The van der Waals surface area contributed by atoms with Gasteiger partial charge in [-0.15, -0.1) is 0 Å². The van der Waals surface area contributed by atoms with E-state index in [0.717, 1.165) is 6.07 Å². The summed E-state index contributed by atoms with van der Waals surface area (Å²) in [6, 6.07) is 12.5. The summed E-state index contributed by atoms with van der Waals surface area (Å²) in [5.74, 6) is -0.262. The zero-order chi connectivity index (χ0) is 20.3. The smallest absolute Gasteiger partial charge is 0.322 e. The van der Waals surface area contributed by atoms with Gasteiger partial charge in [-0.3, -0.25) is 4.72 Å². The summed E-state index contributed by atoms with van der Waals surface area (Å²) in [7, 11) is -2.74. The standard InChI is InChI=1S/C19H18FN3O4S/c1-12-18(13(2)22-19(21-12)27-14-7-5-4-6-8-14)23-28(24,25)15-9-10-17(26-3)16(20)11-15/h4-11,23H,1-3H3. The molecule has 7 nitrogen and oxygen atoms in total. The number of nitrogens with zero attached hydrogens (tertiary/aromatic N) is 2. The number of anilines is 1. The van der Waals surface area contributed by atoms with Gasteiger partial charge >= 0.3 is 6.01 Å². The molecular weight excluding hydrogens is 385 g/mol. The van der Waals surface area contributed by atoms with Gasteiger partial charge in [-0.2, -0.15) is 9.97 Å². The number of nitrogens with one attached hydrogen (secondary N) is 1. The van der Waals surface area contributed by atoms with E-state index in [9.17, 15) is 12.8 Å². The van der Waals surface area contributed by atoms with Crippen molar-refractivity contribution >= 4 is 15.7 Å². The van der Waals surface area contributed by atoms with E-state index in [1.165, 1.54) is 19.2 Å². The van der Waals surface area contributed by atoms with Crippen molar-refractivity contribution in [2.24, 2.45) is 0 Å². The van der Waals surface area contributed by atoms with Crippen LogP contribution in [0, 0.1) is 19.7 Å². The molecule has 0 spiro atoms. The molecule has 1 N–H and O–H groups in total. The molecule has 1 heterocycles. The van der Waals surface area contributed by atoms with E-state index in [0.29, 0.717) is 17.1 Å². The van der Waals surface area contributed by atoms with Gasteiger partial charge in [0.15, 0.2) is 11.6 Å². The molecule has 0 aliphatic carbocycles. The molecule has 3 rings (SSSR count). The van der Waals surface area contributed by atoms with Gasteiger partial charge in [-0.25, -0.2) is 12.8 Å². The lowest BCUT2D eigenvalue weighted by molar-refractivity contribution is 0.385. The van der Waals surface area contributed by atoms with Crippen molar-refractivity contribution in [3.63, 3.8) is 0 Å². The minimum atomic E-state index is -4.04. The maximum Gasteiger partial charge on any atom is 0.322 e. The Kier molecular flexibility index (Phi) is 5.46. The molecule has 146 valence electrons. The van der Waals surface area contributed by atoms with Gasteiger partial charge in [0.1, 0.15) is 5.75 Å². The average Bonchev–Trinajstić information content (AvgIpc) is 2.65. The second-order valence-electron chi connectivity index (χ2n) is 5.87. The average molecular weight is 403 g/mol. The Morgan fingerprint density at radius 2 is 1.64 bits per heavy atom. The van der Waals surface area contributed by atoms with E-state index in [2.05, 4.69) is 14.7 Å². The monoisotopic (exact) mass is 403 g/mol. The minimum absolute atomic E-state index is 0.0444. The van der Waals surface area contributed by atoms with Crippen LogP contribution in [-0.2, 0) is 10.0 Å². The summed E-state index contributed by atoms with van der Waals surface area (Å²) in [5, 5.41) is 0. The Bertz CT molecular complexity index is 1080. The van der Waals surface area contributed by atoms with Crippen LogP contribution in [0.4, 0.5) is 10.1 Å². The zero-order valence-electron chi connectivity index (χ0n) is 15.4. The van der Waals surface area contributed by atoms with Crippen molar-refractivity contribution in [2.75, 3.05) is 11.8 Å². The van der Waals surface area contributed by atoms with Gasteiger partial charge in [0.2, 0.25) is 0 Å². The largest absolute Gasteiger partial charge is 0.494 e. The van der Waals surface area contributed by atoms with Crippen LogP contribution in [0.5, 0.6) is 17.5 Å². The van der Waals surface area contributed by atoms with Gasteiger partial charge < -0.3 is 9.47 Å². The fourth-order valence-electron chi connectivity index (χ4n) is 2.48. The molecule has 9 heteroatoms. The molecule has 2 aromatic carbocycles. The third-order valence-electron chi connectivity index (χ3n) is 3.87. The number of benzene rings is 2. The van der Waals surface area contributed by atoms with E-state index in [4.69, 9.17) is 9.47 Å². The second-order valence-corrected chi connectivity index (χ2v) is 7.55. The fraction of sp³-hybridized carbons (Fsp3) is 0.158. The normalized spacial score (nSPS) is 11.1. The number of aryl methyl sites for hydroxylation is 2. The molecule has 0 atom stereocenters. The fourth-order valence-corrected chi connectivity index (χ4v) is 3.67. The highest BCUT2D eigenvalue weighted by Gasteiger charge is 2.20. The van der Waals surface area contributed by atoms with E-state index in [1.807, 2.05) is 18.2 Å². The summed E-state index contributed by atoms with van der Waals surface area (Å²) in [6.07, 6.45) is 0. The van der Waals surface area contributed by atoms with Crippen LogP contribution < -0.4 is 14.2 Å². The lowest BCUT2D eigenvalue weighted by Gasteiger charge is -2.14. The number of hydrogen-bond acceptors (Lipinski definition) is 6. The van der Waals surface area contributed by atoms with Crippen molar-refractivity contribution in [1.29, 1.82) is 0 Å². The summed E-state index contributed by atoms with van der Waals surface area (Å²) in [5.41, 5.74) is 0.948. The van der Waals surface area contributed by atoms with Gasteiger partial charge in [0.05, 0.1) is 29.1 Å². The molecule has 0 unspecified atom stereocenters. The second kappa shape index (κ2) is 7.81. The van der Waals surface area contributed by atoms with Gasteiger partial charge in [-0.05, 0) is 44.2 Å². The van der Waals surface area contributed by atoms with E-state index in [1.54, 1.807) is 26.0 Å². The van der Waals surface area contributed by atoms with Crippen LogP contribution in [0.1, 0.15) is 11.4 Å². The number of aromatic nitrogens is 2. The van der Waals surface area contributed by atoms with Crippen LogP contribution in [0.3, 0.4) is 0 Å². The van der Waals surface area contributed by atoms with Gasteiger partial charge in [0, 0.05) is 0 Å². The van der Waals surface area contributed by atoms with Gasteiger partial charge in [0.25, 0.3) is 10.0 Å². The third kappa shape index (κ3) is 4.20. The van der Waals surface area contributed by atoms with Crippen LogP contribution in [0.2, 0.25) is 0 Å². The first kappa shape index (κ1) is 19.6. The van der Waals surface area contributed by atoms with Crippen molar-refractivity contribution in [2.45, 2.75) is 18.7 Å².